The fraction of sp³-hybridized carbons (Fsp3) is 0.316. The van der Waals surface area contributed by atoms with E-state index in [1.165, 1.54) is 0 Å². The second-order valence-electron chi connectivity index (χ2n) is 6.10. The highest BCUT2D eigenvalue weighted by Crippen LogP contribution is 2.30. The second-order valence-corrected chi connectivity index (χ2v) is 6.10. The van der Waals surface area contributed by atoms with Crippen LogP contribution in [0.4, 0.5) is 14.5 Å². The minimum absolute atomic E-state index is 0. The van der Waals surface area contributed by atoms with Crippen LogP contribution in [-0.4, -0.2) is 44.1 Å². The van der Waals surface area contributed by atoms with E-state index in [0.29, 0.717) is 13.1 Å². The molecule has 1 unspecified atom stereocenters. The molecule has 0 bridgehead atoms. The van der Waals surface area contributed by atoms with Gasteiger partial charge in [-0.1, -0.05) is 18.2 Å². The Morgan fingerprint density at radius 3 is 2.85 bits per heavy atom. The highest BCUT2D eigenvalue weighted by molar-refractivity contribution is 5.92. The number of anilines is 1. The smallest absolute Gasteiger partial charge is 0.238 e. The Hall–Kier alpha value is -2.22. The number of rotatable bonds is 5. The summed E-state index contributed by atoms with van der Waals surface area (Å²) < 4.78 is 32.4. The lowest BCUT2D eigenvalue weighted by Gasteiger charge is -2.36. The summed E-state index contributed by atoms with van der Waals surface area (Å²) in [6, 6.07) is 10.6. The first-order valence-electron chi connectivity index (χ1n) is 8.41. The molecule has 1 fully saturated rings. The molecule has 1 amide bonds. The van der Waals surface area contributed by atoms with Gasteiger partial charge in [0.2, 0.25) is 5.91 Å². The van der Waals surface area contributed by atoms with E-state index in [2.05, 4.69) is 10.6 Å². The van der Waals surface area contributed by atoms with Crippen molar-refractivity contribution < 1.29 is 18.3 Å². The third-order valence-electron chi connectivity index (χ3n) is 4.40. The molecule has 2 aromatic rings. The maximum absolute atomic E-state index is 13.7. The lowest BCUT2D eigenvalue weighted by atomic mass is 10.0. The van der Waals surface area contributed by atoms with Gasteiger partial charge in [-0.05, 0) is 18.2 Å². The Morgan fingerprint density at radius 1 is 1.30 bits per heavy atom. The Morgan fingerprint density at radius 2 is 2.07 bits per heavy atom. The van der Waals surface area contributed by atoms with Crippen LogP contribution in [0.3, 0.4) is 0 Å². The molecule has 3 rings (SSSR count). The van der Waals surface area contributed by atoms with Crippen molar-refractivity contribution in [3.05, 3.63) is 59.7 Å². The minimum atomic E-state index is -0.665. The van der Waals surface area contributed by atoms with Crippen LogP contribution in [0.2, 0.25) is 0 Å². The highest BCUT2D eigenvalue weighted by atomic mass is 35.5. The monoisotopic (exact) mass is 397 g/mol. The normalized spacial score (nSPS) is 17.1. The van der Waals surface area contributed by atoms with Gasteiger partial charge in [-0.15, -0.1) is 12.4 Å². The van der Waals surface area contributed by atoms with Crippen LogP contribution in [0, 0.1) is 11.6 Å². The van der Waals surface area contributed by atoms with Crippen LogP contribution in [0.15, 0.2) is 42.5 Å². The van der Waals surface area contributed by atoms with E-state index in [4.69, 9.17) is 4.74 Å². The van der Waals surface area contributed by atoms with Crippen molar-refractivity contribution in [3.63, 3.8) is 0 Å². The van der Waals surface area contributed by atoms with Gasteiger partial charge in [0.25, 0.3) is 0 Å². The third kappa shape index (κ3) is 5.15. The summed E-state index contributed by atoms with van der Waals surface area (Å²) in [6.45, 7) is 2.14. The van der Waals surface area contributed by atoms with Gasteiger partial charge in [0, 0.05) is 31.3 Å². The summed E-state index contributed by atoms with van der Waals surface area (Å²) in [4.78, 5) is 14.4. The molecule has 146 valence electrons. The molecular weight excluding hydrogens is 376 g/mol. The lowest BCUT2D eigenvalue weighted by Crippen LogP contribution is -2.48. The van der Waals surface area contributed by atoms with E-state index in [0.717, 1.165) is 36.1 Å². The van der Waals surface area contributed by atoms with Gasteiger partial charge in [-0.3, -0.25) is 9.69 Å². The molecule has 27 heavy (non-hydrogen) atoms. The molecule has 8 heteroatoms. The van der Waals surface area contributed by atoms with E-state index in [-0.39, 0.29) is 30.7 Å². The SMILES string of the molecule is COc1ccccc1C1CNCCN1CC(=O)Nc1cc(F)ccc1F.Cl. The number of para-hydroxylation sites is 1. The molecule has 2 aromatic carbocycles. The number of methoxy groups -OCH3 is 1. The Bertz CT molecular complexity index is 791. The van der Waals surface area contributed by atoms with Gasteiger partial charge in [0.1, 0.15) is 17.4 Å². The number of hydrogen-bond donors (Lipinski definition) is 2. The molecule has 1 heterocycles. The Labute approximate surface area is 163 Å². The minimum Gasteiger partial charge on any atom is -0.496 e. The van der Waals surface area contributed by atoms with Gasteiger partial charge < -0.3 is 15.4 Å². The molecule has 1 aliphatic heterocycles. The second kappa shape index (κ2) is 9.64. The topological polar surface area (TPSA) is 53.6 Å². The van der Waals surface area contributed by atoms with Gasteiger partial charge in [-0.2, -0.15) is 0 Å². The summed E-state index contributed by atoms with van der Waals surface area (Å²) >= 11 is 0. The number of hydrogen-bond acceptors (Lipinski definition) is 4. The third-order valence-corrected chi connectivity index (χ3v) is 4.40. The summed E-state index contributed by atoms with van der Waals surface area (Å²) in [5, 5.41) is 5.77. The first kappa shape index (κ1) is 21.1. The van der Waals surface area contributed by atoms with E-state index >= 15 is 0 Å². The molecule has 0 saturated carbocycles. The lowest BCUT2D eigenvalue weighted by molar-refractivity contribution is -0.118. The average molecular weight is 398 g/mol. The quantitative estimate of drug-likeness (QED) is 0.814. The Kier molecular flexibility index (Phi) is 7.53. The summed E-state index contributed by atoms with van der Waals surface area (Å²) in [6.07, 6.45) is 0. The van der Waals surface area contributed by atoms with Gasteiger partial charge in [-0.25, -0.2) is 8.78 Å². The predicted octanol–water partition coefficient (Wildman–Crippen LogP) is 2.98. The zero-order valence-electron chi connectivity index (χ0n) is 14.9. The molecule has 5 nitrogen and oxygen atoms in total. The zero-order valence-corrected chi connectivity index (χ0v) is 15.7. The maximum atomic E-state index is 13.7. The number of nitrogens with one attached hydrogen (secondary N) is 2. The number of benzene rings is 2. The molecule has 1 saturated heterocycles. The zero-order chi connectivity index (χ0) is 18.5. The summed E-state index contributed by atoms with van der Waals surface area (Å²) in [5.74, 6) is -0.906. The largest absolute Gasteiger partial charge is 0.496 e. The number of ether oxygens (including phenoxy) is 1. The van der Waals surface area contributed by atoms with Crippen molar-refractivity contribution in [1.29, 1.82) is 0 Å². The number of halogens is 3. The average Bonchev–Trinajstić information content (AvgIpc) is 2.65. The van der Waals surface area contributed by atoms with Crippen LogP contribution in [0.25, 0.3) is 0 Å². The molecule has 0 aromatic heterocycles. The number of carbonyl (C=O) groups is 1. The molecule has 0 spiro atoms. The van der Waals surface area contributed by atoms with Crippen LogP contribution in [0.1, 0.15) is 11.6 Å². The van der Waals surface area contributed by atoms with Crippen molar-refractivity contribution in [1.82, 2.24) is 10.2 Å². The van der Waals surface area contributed by atoms with E-state index in [9.17, 15) is 13.6 Å². The maximum Gasteiger partial charge on any atom is 0.238 e. The predicted molar refractivity (Wildman–Crippen MR) is 102 cm³/mol. The molecule has 1 atom stereocenters. The number of piperazine rings is 1. The molecule has 0 radical (unpaired) electrons. The first-order chi connectivity index (χ1) is 12.6. The van der Waals surface area contributed by atoms with E-state index < -0.39 is 17.5 Å². The van der Waals surface area contributed by atoms with Crippen molar-refractivity contribution in [2.75, 3.05) is 38.6 Å². The first-order valence-corrected chi connectivity index (χ1v) is 8.41. The van der Waals surface area contributed by atoms with Gasteiger partial charge in [0.15, 0.2) is 0 Å². The summed E-state index contributed by atoms with van der Waals surface area (Å²) in [7, 11) is 1.61. The van der Waals surface area contributed by atoms with Crippen molar-refractivity contribution in [2.45, 2.75) is 6.04 Å². The van der Waals surface area contributed by atoms with Crippen molar-refractivity contribution >= 4 is 24.0 Å². The fourth-order valence-corrected chi connectivity index (χ4v) is 3.15. The van der Waals surface area contributed by atoms with Crippen molar-refractivity contribution in [3.8, 4) is 5.75 Å². The molecule has 2 N–H and O–H groups in total. The van der Waals surface area contributed by atoms with Gasteiger partial charge in [0.05, 0.1) is 25.4 Å². The number of amides is 1. The number of carbonyl (C=O) groups excluding carboxylic acids is 1. The van der Waals surface area contributed by atoms with Crippen LogP contribution in [0.5, 0.6) is 5.75 Å². The molecule has 0 aliphatic carbocycles. The van der Waals surface area contributed by atoms with Crippen LogP contribution < -0.4 is 15.4 Å². The van der Waals surface area contributed by atoms with E-state index in [1.54, 1.807) is 7.11 Å². The van der Waals surface area contributed by atoms with Crippen molar-refractivity contribution in [2.24, 2.45) is 0 Å². The molecule has 1 aliphatic rings. The fourth-order valence-electron chi connectivity index (χ4n) is 3.15. The van der Waals surface area contributed by atoms with E-state index in [1.807, 2.05) is 29.2 Å². The Balaban J connectivity index is 0.00000261. The van der Waals surface area contributed by atoms with Crippen LogP contribution >= 0.6 is 12.4 Å². The highest BCUT2D eigenvalue weighted by Gasteiger charge is 2.27. The molecular formula is C19H22ClF2N3O2. The van der Waals surface area contributed by atoms with Crippen LogP contribution in [-0.2, 0) is 4.79 Å². The van der Waals surface area contributed by atoms with Gasteiger partial charge >= 0.3 is 0 Å². The standard InChI is InChI=1S/C19H21F2N3O2.ClH/c1-26-18-5-3-2-4-14(18)17-11-22-8-9-24(17)12-19(25)23-16-10-13(20)6-7-15(16)21;/h2-7,10,17,22H,8-9,11-12H2,1H3,(H,23,25);1H. The summed E-state index contributed by atoms with van der Waals surface area (Å²) in [5.41, 5.74) is 0.825. The number of nitrogens with zero attached hydrogens (tertiary/aromatic N) is 1.